The van der Waals surface area contributed by atoms with Crippen molar-refractivity contribution in [1.29, 1.82) is 0 Å². The van der Waals surface area contributed by atoms with Crippen molar-refractivity contribution in [3.05, 3.63) is 68.9 Å². The predicted molar refractivity (Wildman–Crippen MR) is 105 cm³/mol. The molecular weight excluding hydrogens is 395 g/mol. The topological polar surface area (TPSA) is 44.1 Å². The number of carbonyl (C=O) groups is 1. The quantitative estimate of drug-likeness (QED) is 0.497. The Kier molecular flexibility index (Phi) is 5.56. The summed E-state index contributed by atoms with van der Waals surface area (Å²) in [6, 6.07) is 12.4. The highest BCUT2D eigenvalue weighted by atomic mass is 35.5. The second-order valence-corrected chi connectivity index (χ2v) is 6.81. The van der Waals surface area contributed by atoms with Gasteiger partial charge in [0.05, 0.1) is 23.0 Å². The van der Waals surface area contributed by atoms with Crippen LogP contribution in [0.5, 0.6) is 0 Å². The fourth-order valence-corrected chi connectivity index (χ4v) is 3.26. The van der Waals surface area contributed by atoms with E-state index in [4.69, 9.17) is 39.5 Å². The van der Waals surface area contributed by atoms with Crippen molar-refractivity contribution < 1.29 is 9.53 Å². The average molecular weight is 410 g/mol. The van der Waals surface area contributed by atoms with Crippen molar-refractivity contribution in [3.63, 3.8) is 0 Å². The van der Waals surface area contributed by atoms with Crippen molar-refractivity contribution in [1.82, 2.24) is 9.55 Å². The molecule has 0 N–H and O–H groups in total. The minimum atomic E-state index is -0.482. The van der Waals surface area contributed by atoms with Crippen molar-refractivity contribution in [2.45, 2.75) is 13.8 Å². The smallest absolute Gasteiger partial charge is 0.358 e. The number of rotatable bonds is 4. The number of halogens is 3. The van der Waals surface area contributed by atoms with Gasteiger partial charge in [0.1, 0.15) is 5.82 Å². The first-order valence-corrected chi connectivity index (χ1v) is 9.03. The molecule has 0 radical (unpaired) electrons. The molecule has 0 amide bonds. The van der Waals surface area contributed by atoms with E-state index >= 15 is 0 Å². The van der Waals surface area contributed by atoms with Crippen molar-refractivity contribution >= 4 is 40.8 Å². The number of esters is 1. The molecule has 2 aromatic carbocycles. The molecule has 0 atom stereocenters. The zero-order valence-corrected chi connectivity index (χ0v) is 16.4. The van der Waals surface area contributed by atoms with Crippen LogP contribution in [-0.2, 0) is 4.74 Å². The number of ether oxygens (including phenoxy) is 1. The van der Waals surface area contributed by atoms with E-state index in [1.54, 1.807) is 44.2 Å². The molecule has 3 rings (SSSR count). The first-order chi connectivity index (χ1) is 12.4. The molecule has 0 aliphatic heterocycles. The number of imidazole rings is 1. The maximum atomic E-state index is 12.3. The summed E-state index contributed by atoms with van der Waals surface area (Å²) in [5, 5.41) is 1.58. The van der Waals surface area contributed by atoms with Gasteiger partial charge in [-0.25, -0.2) is 9.78 Å². The van der Waals surface area contributed by atoms with Crippen LogP contribution in [-0.4, -0.2) is 22.1 Å². The Morgan fingerprint density at radius 3 is 2.35 bits per heavy atom. The van der Waals surface area contributed by atoms with Gasteiger partial charge in [-0.1, -0.05) is 34.8 Å². The molecule has 3 aromatic rings. The Labute approximate surface area is 166 Å². The Balaban J connectivity index is 2.26. The maximum absolute atomic E-state index is 12.3. The third-order valence-corrected chi connectivity index (χ3v) is 4.62. The number of hydrogen-bond donors (Lipinski definition) is 0. The highest BCUT2D eigenvalue weighted by molar-refractivity contribution is 6.35. The molecule has 1 heterocycles. The summed E-state index contributed by atoms with van der Waals surface area (Å²) in [4.78, 5) is 16.8. The van der Waals surface area contributed by atoms with Gasteiger partial charge in [-0.2, -0.15) is 0 Å². The highest BCUT2D eigenvalue weighted by Gasteiger charge is 2.23. The second-order valence-electron chi connectivity index (χ2n) is 5.53. The van der Waals surface area contributed by atoms with Crippen LogP contribution < -0.4 is 0 Å². The SMILES string of the molecule is CCOC(=O)c1nc(-c2ccc(Cl)cc2)n(-c2ccc(Cl)cc2Cl)c1C. The monoisotopic (exact) mass is 408 g/mol. The van der Waals surface area contributed by atoms with Crippen LogP contribution in [0.3, 0.4) is 0 Å². The van der Waals surface area contributed by atoms with Gasteiger partial charge >= 0.3 is 5.97 Å². The van der Waals surface area contributed by atoms with Crippen LogP contribution >= 0.6 is 34.8 Å². The summed E-state index contributed by atoms with van der Waals surface area (Å²) in [6.45, 7) is 3.81. The first-order valence-electron chi connectivity index (χ1n) is 7.90. The predicted octanol–water partition coefficient (Wildman–Crippen LogP) is 5.98. The van der Waals surface area contributed by atoms with E-state index in [0.717, 1.165) is 5.56 Å². The molecule has 7 heteroatoms. The zero-order valence-electron chi connectivity index (χ0n) is 14.1. The molecule has 1 aromatic heterocycles. The summed E-state index contributed by atoms with van der Waals surface area (Å²) in [5.74, 6) is 0.0792. The summed E-state index contributed by atoms with van der Waals surface area (Å²) in [5.41, 5.74) is 2.32. The number of benzene rings is 2. The van der Waals surface area contributed by atoms with Gasteiger partial charge in [0, 0.05) is 15.6 Å². The van der Waals surface area contributed by atoms with E-state index in [2.05, 4.69) is 4.98 Å². The lowest BCUT2D eigenvalue weighted by Crippen LogP contribution is -2.08. The van der Waals surface area contributed by atoms with Gasteiger partial charge in [-0.3, -0.25) is 4.57 Å². The van der Waals surface area contributed by atoms with Crippen LogP contribution in [0, 0.1) is 6.92 Å². The molecule has 0 saturated carbocycles. The number of hydrogen-bond acceptors (Lipinski definition) is 3. The van der Waals surface area contributed by atoms with Gasteiger partial charge in [-0.15, -0.1) is 0 Å². The average Bonchev–Trinajstić information content (AvgIpc) is 2.93. The second kappa shape index (κ2) is 7.70. The molecule has 0 saturated heterocycles. The number of carbonyl (C=O) groups excluding carboxylic acids is 1. The Morgan fingerprint density at radius 1 is 1.08 bits per heavy atom. The van der Waals surface area contributed by atoms with Gasteiger partial charge < -0.3 is 4.74 Å². The molecule has 0 bridgehead atoms. The van der Waals surface area contributed by atoms with Crippen LogP contribution in [0.2, 0.25) is 15.1 Å². The van der Waals surface area contributed by atoms with Crippen molar-refractivity contribution in [2.24, 2.45) is 0 Å². The number of nitrogens with zero attached hydrogens (tertiary/aromatic N) is 2. The third kappa shape index (κ3) is 3.58. The molecule has 0 aliphatic carbocycles. The van der Waals surface area contributed by atoms with Crippen LogP contribution in [0.25, 0.3) is 17.1 Å². The lowest BCUT2D eigenvalue weighted by molar-refractivity contribution is 0.0519. The lowest BCUT2D eigenvalue weighted by Gasteiger charge is -2.12. The molecule has 0 aliphatic rings. The third-order valence-electron chi connectivity index (χ3n) is 3.83. The summed E-state index contributed by atoms with van der Waals surface area (Å²) >= 11 is 18.4. The molecule has 26 heavy (non-hydrogen) atoms. The zero-order chi connectivity index (χ0) is 18.8. The van der Waals surface area contributed by atoms with E-state index in [9.17, 15) is 4.79 Å². The minimum Gasteiger partial charge on any atom is -0.461 e. The summed E-state index contributed by atoms with van der Waals surface area (Å²) in [7, 11) is 0. The molecule has 0 spiro atoms. The molecule has 4 nitrogen and oxygen atoms in total. The van der Waals surface area contributed by atoms with Crippen molar-refractivity contribution in [3.8, 4) is 17.1 Å². The van der Waals surface area contributed by atoms with E-state index in [0.29, 0.717) is 32.3 Å². The largest absolute Gasteiger partial charge is 0.461 e. The molecule has 134 valence electrons. The van der Waals surface area contributed by atoms with Crippen LogP contribution in [0.15, 0.2) is 42.5 Å². The van der Waals surface area contributed by atoms with Crippen LogP contribution in [0.4, 0.5) is 0 Å². The standard InChI is InChI=1S/C19H15Cl3N2O2/c1-3-26-19(25)17-11(2)24(16-9-8-14(21)10-15(16)22)18(23-17)12-4-6-13(20)7-5-12/h4-10H,3H2,1-2H3. The fraction of sp³-hybridized carbons (Fsp3) is 0.158. The van der Waals surface area contributed by atoms with E-state index in [-0.39, 0.29) is 12.3 Å². The van der Waals surface area contributed by atoms with Crippen LogP contribution in [0.1, 0.15) is 23.1 Å². The van der Waals surface area contributed by atoms with E-state index in [1.165, 1.54) is 0 Å². The van der Waals surface area contributed by atoms with Crippen molar-refractivity contribution in [2.75, 3.05) is 6.61 Å². The Bertz CT molecular complexity index is 966. The van der Waals surface area contributed by atoms with Gasteiger partial charge in [0.2, 0.25) is 0 Å². The fourth-order valence-electron chi connectivity index (χ4n) is 2.64. The normalized spacial score (nSPS) is 10.8. The lowest BCUT2D eigenvalue weighted by atomic mass is 10.2. The minimum absolute atomic E-state index is 0.239. The first kappa shape index (κ1) is 18.8. The highest BCUT2D eigenvalue weighted by Crippen LogP contribution is 2.32. The summed E-state index contributed by atoms with van der Waals surface area (Å²) in [6.07, 6.45) is 0. The summed E-state index contributed by atoms with van der Waals surface area (Å²) < 4.78 is 6.94. The van der Waals surface area contributed by atoms with Gasteiger partial charge in [-0.05, 0) is 56.3 Å². The maximum Gasteiger partial charge on any atom is 0.358 e. The molecular formula is C19H15Cl3N2O2. The molecule has 0 unspecified atom stereocenters. The number of aromatic nitrogens is 2. The van der Waals surface area contributed by atoms with Gasteiger partial charge in [0.15, 0.2) is 5.69 Å². The van der Waals surface area contributed by atoms with Gasteiger partial charge in [0.25, 0.3) is 0 Å². The van der Waals surface area contributed by atoms with E-state index < -0.39 is 5.97 Å². The Morgan fingerprint density at radius 2 is 1.73 bits per heavy atom. The Hall–Kier alpha value is -2.01. The van der Waals surface area contributed by atoms with E-state index in [1.807, 2.05) is 16.7 Å². The molecule has 0 fully saturated rings.